The Labute approximate surface area is 218 Å². The lowest BCUT2D eigenvalue weighted by molar-refractivity contribution is -0.387. The Morgan fingerprint density at radius 2 is 2.00 bits per heavy atom. The van der Waals surface area contributed by atoms with Crippen LogP contribution in [-0.2, 0) is 4.79 Å². The second-order valence-corrected chi connectivity index (χ2v) is 11.6. The third-order valence-corrected chi connectivity index (χ3v) is 9.84. The van der Waals surface area contributed by atoms with E-state index < -0.39 is 22.3 Å². The second-order valence-electron chi connectivity index (χ2n) is 9.86. The van der Waals surface area contributed by atoms with Crippen molar-refractivity contribution in [3.63, 3.8) is 0 Å². The molecule has 0 spiro atoms. The van der Waals surface area contributed by atoms with Crippen LogP contribution in [0.1, 0.15) is 54.4 Å². The lowest BCUT2D eigenvalue weighted by Gasteiger charge is -2.37. The fourth-order valence-corrected chi connectivity index (χ4v) is 7.87. The van der Waals surface area contributed by atoms with E-state index in [1.165, 1.54) is 17.8 Å². The van der Waals surface area contributed by atoms with Crippen molar-refractivity contribution in [3.05, 3.63) is 63.7 Å². The first-order valence-corrected chi connectivity index (χ1v) is 13.6. The average molecular weight is 530 g/mol. The summed E-state index contributed by atoms with van der Waals surface area (Å²) in [5.74, 6) is -1.58. The number of nitro benzene ring substituents is 1. The highest BCUT2D eigenvalue weighted by atomic mass is 35.5. The molecule has 0 radical (unpaired) electrons. The minimum Gasteiger partial charge on any atom is -0.480 e. The zero-order chi connectivity index (χ0) is 25.6. The first kappa shape index (κ1) is 24.9. The molecule has 0 unspecified atom stereocenters. The number of piperidine rings is 1. The maximum atomic E-state index is 13.4. The van der Waals surface area contributed by atoms with Gasteiger partial charge in [0.05, 0.1) is 15.2 Å². The minimum absolute atomic E-state index is 0.0121. The molecule has 1 aliphatic carbocycles. The summed E-state index contributed by atoms with van der Waals surface area (Å²) in [7, 11) is 0. The van der Waals surface area contributed by atoms with E-state index in [-0.39, 0.29) is 34.7 Å². The van der Waals surface area contributed by atoms with Gasteiger partial charge in [-0.2, -0.15) is 0 Å². The van der Waals surface area contributed by atoms with Crippen molar-refractivity contribution in [1.82, 2.24) is 4.90 Å². The monoisotopic (exact) mass is 529 g/mol. The summed E-state index contributed by atoms with van der Waals surface area (Å²) in [6.45, 7) is 2.80. The van der Waals surface area contributed by atoms with Gasteiger partial charge in [0.25, 0.3) is 11.6 Å². The number of alkyl halides is 1. The van der Waals surface area contributed by atoms with Crippen molar-refractivity contribution in [3.8, 4) is 0 Å². The predicted molar refractivity (Wildman–Crippen MR) is 139 cm³/mol. The molecule has 5 rings (SSSR count). The lowest BCUT2D eigenvalue weighted by Crippen LogP contribution is -2.43. The number of para-hydroxylation sites is 1. The Kier molecular flexibility index (Phi) is 6.87. The number of nitrogens with zero attached hydrogens (tertiary/aromatic N) is 2. The van der Waals surface area contributed by atoms with Gasteiger partial charge in [-0.1, -0.05) is 12.1 Å². The molecule has 1 amide bonds. The standard InChI is InChI=1S/C26H28ClN3O5S/c1-14-6-4-5-11-29(14)25(31)15-9-10-18-16(12-15)22-17(24(28-18)26(32)33)13-21(23(22)27)36-20-8-3-2-7-19(20)30(34)35/h2-3,7-10,12,14,17,21-24,28H,4-6,11,13H2,1H3,(H,32,33)/t14-,17+,21-,22+,23-,24+/m1/s1. The van der Waals surface area contributed by atoms with Crippen LogP contribution in [0.15, 0.2) is 47.4 Å². The Morgan fingerprint density at radius 3 is 2.72 bits per heavy atom. The average Bonchev–Trinajstić information content (AvgIpc) is 3.19. The fourth-order valence-electron chi connectivity index (χ4n) is 5.93. The van der Waals surface area contributed by atoms with Gasteiger partial charge in [0.2, 0.25) is 0 Å². The zero-order valence-corrected chi connectivity index (χ0v) is 21.4. The first-order valence-electron chi connectivity index (χ1n) is 12.2. The molecule has 3 aliphatic rings. The van der Waals surface area contributed by atoms with Crippen LogP contribution in [0.25, 0.3) is 0 Å². The minimum atomic E-state index is -0.960. The number of rotatable bonds is 5. The highest BCUT2D eigenvalue weighted by Crippen LogP contribution is 2.55. The van der Waals surface area contributed by atoms with Crippen molar-refractivity contribution in [2.45, 2.75) is 66.1 Å². The third-order valence-electron chi connectivity index (χ3n) is 7.73. The summed E-state index contributed by atoms with van der Waals surface area (Å²) in [5, 5.41) is 24.0. The maximum Gasteiger partial charge on any atom is 0.326 e. The van der Waals surface area contributed by atoms with Gasteiger partial charge in [-0.3, -0.25) is 14.9 Å². The normalized spacial score (nSPS) is 29.1. The Hall–Kier alpha value is -2.78. The van der Waals surface area contributed by atoms with E-state index in [9.17, 15) is 24.8 Å². The van der Waals surface area contributed by atoms with Crippen LogP contribution in [0.4, 0.5) is 11.4 Å². The molecule has 2 heterocycles. The molecule has 6 atom stereocenters. The number of thioether (sulfide) groups is 1. The smallest absolute Gasteiger partial charge is 0.326 e. The Bertz CT molecular complexity index is 1210. The molecule has 0 bridgehead atoms. The molecule has 2 aromatic rings. The van der Waals surface area contributed by atoms with E-state index in [0.717, 1.165) is 31.4 Å². The SMILES string of the molecule is C[C@@H]1CCCCN1C(=O)c1ccc2c(c1)[C@@H]1[C@H](Cl)[C@H](Sc3ccccc3[N+](=O)[O-])C[C@@H]1[C@@H](C(=O)O)N2. The molecule has 0 aromatic heterocycles. The molecule has 8 nitrogen and oxygen atoms in total. The second kappa shape index (κ2) is 9.94. The Morgan fingerprint density at radius 1 is 1.22 bits per heavy atom. The summed E-state index contributed by atoms with van der Waals surface area (Å²) in [5.41, 5.74) is 2.11. The van der Waals surface area contributed by atoms with E-state index in [1.54, 1.807) is 30.3 Å². The summed E-state index contributed by atoms with van der Waals surface area (Å²) in [6.07, 6.45) is 3.57. The number of carbonyl (C=O) groups excluding carboxylic acids is 1. The maximum absolute atomic E-state index is 13.4. The van der Waals surface area contributed by atoms with Gasteiger partial charge in [-0.05, 0) is 68.4 Å². The Balaban J connectivity index is 1.48. The molecule has 2 aliphatic heterocycles. The summed E-state index contributed by atoms with van der Waals surface area (Å²) in [4.78, 5) is 39.1. The molecule has 2 fully saturated rings. The molecule has 1 saturated heterocycles. The number of fused-ring (bicyclic) bond motifs is 3. The van der Waals surface area contributed by atoms with E-state index in [0.29, 0.717) is 22.6 Å². The summed E-state index contributed by atoms with van der Waals surface area (Å²) in [6, 6.07) is 11.3. The third kappa shape index (κ3) is 4.43. The first-order chi connectivity index (χ1) is 17.3. The number of carboxylic acid groups (broad SMARTS) is 1. The number of carbonyl (C=O) groups is 2. The van der Waals surface area contributed by atoms with Gasteiger partial charge in [-0.15, -0.1) is 23.4 Å². The number of anilines is 1. The van der Waals surface area contributed by atoms with Crippen LogP contribution in [0, 0.1) is 16.0 Å². The highest BCUT2D eigenvalue weighted by molar-refractivity contribution is 8.00. The topological polar surface area (TPSA) is 113 Å². The van der Waals surface area contributed by atoms with Gasteiger partial charge >= 0.3 is 5.97 Å². The van der Waals surface area contributed by atoms with Crippen LogP contribution < -0.4 is 5.32 Å². The molecular formula is C26H28ClN3O5S. The van der Waals surface area contributed by atoms with Crippen molar-refractivity contribution in [2.75, 3.05) is 11.9 Å². The number of nitrogens with one attached hydrogen (secondary N) is 1. The molecule has 2 aromatic carbocycles. The van der Waals surface area contributed by atoms with Crippen LogP contribution in [0.2, 0.25) is 0 Å². The number of nitro groups is 1. The number of hydrogen-bond acceptors (Lipinski definition) is 6. The molecule has 190 valence electrons. The molecule has 10 heteroatoms. The predicted octanol–water partition coefficient (Wildman–Crippen LogP) is 5.36. The molecule has 2 N–H and O–H groups in total. The van der Waals surface area contributed by atoms with Crippen LogP contribution in [-0.4, -0.2) is 56.1 Å². The number of carboxylic acids is 1. The number of halogens is 1. The van der Waals surface area contributed by atoms with Crippen LogP contribution in [0.5, 0.6) is 0 Å². The van der Waals surface area contributed by atoms with E-state index in [4.69, 9.17) is 11.6 Å². The summed E-state index contributed by atoms with van der Waals surface area (Å²) < 4.78 is 0. The van der Waals surface area contributed by atoms with Crippen molar-refractivity contribution < 1.29 is 19.6 Å². The number of aliphatic carboxylic acids is 1. The van der Waals surface area contributed by atoms with E-state index in [1.807, 2.05) is 11.0 Å². The van der Waals surface area contributed by atoms with Gasteiger partial charge in [0.1, 0.15) is 6.04 Å². The van der Waals surface area contributed by atoms with Crippen molar-refractivity contribution in [1.29, 1.82) is 0 Å². The van der Waals surface area contributed by atoms with Crippen molar-refractivity contribution in [2.24, 2.45) is 5.92 Å². The van der Waals surface area contributed by atoms with E-state index >= 15 is 0 Å². The molecule has 1 saturated carbocycles. The lowest BCUT2D eigenvalue weighted by atomic mass is 9.79. The largest absolute Gasteiger partial charge is 0.480 e. The molecule has 36 heavy (non-hydrogen) atoms. The number of amides is 1. The number of hydrogen-bond donors (Lipinski definition) is 2. The highest BCUT2D eigenvalue weighted by Gasteiger charge is 2.52. The van der Waals surface area contributed by atoms with E-state index in [2.05, 4.69) is 12.2 Å². The van der Waals surface area contributed by atoms with Gasteiger partial charge in [0.15, 0.2) is 0 Å². The van der Waals surface area contributed by atoms with Crippen LogP contribution in [0.3, 0.4) is 0 Å². The summed E-state index contributed by atoms with van der Waals surface area (Å²) >= 11 is 8.36. The molecular weight excluding hydrogens is 502 g/mol. The van der Waals surface area contributed by atoms with Gasteiger partial charge < -0.3 is 15.3 Å². The van der Waals surface area contributed by atoms with Crippen molar-refractivity contribution >= 4 is 46.6 Å². The number of benzene rings is 2. The fraction of sp³-hybridized carbons (Fsp3) is 0.462. The van der Waals surface area contributed by atoms with Crippen LogP contribution >= 0.6 is 23.4 Å². The van der Waals surface area contributed by atoms with Gasteiger partial charge in [0, 0.05) is 41.1 Å². The van der Waals surface area contributed by atoms with Gasteiger partial charge in [-0.25, -0.2) is 4.79 Å². The quantitative estimate of drug-likeness (QED) is 0.304. The zero-order valence-electron chi connectivity index (χ0n) is 19.8. The number of likely N-dealkylation sites (tertiary alicyclic amines) is 1.